The molecule has 2 rings (SSSR count). The molecule has 24 heavy (non-hydrogen) atoms. The quantitative estimate of drug-likeness (QED) is 0.348. The lowest BCUT2D eigenvalue weighted by Crippen LogP contribution is -2.48. The number of hydrogen-bond donors (Lipinski definition) is 3. The third kappa shape index (κ3) is 5.04. The Balaban J connectivity index is 0.00000288. The fourth-order valence-electron chi connectivity index (χ4n) is 3.31. The van der Waals surface area contributed by atoms with Crippen LogP contribution in [0, 0.1) is 0 Å². The maximum absolute atomic E-state index is 10.3. The molecule has 5 nitrogen and oxygen atoms in total. The molecule has 5 N–H and O–H groups in total. The number of ether oxygens (including phenoxy) is 1. The minimum atomic E-state index is -1.15. The molecular weight excluding hydrogens is 332 g/mol. The van der Waals surface area contributed by atoms with Crippen molar-refractivity contribution in [2.24, 2.45) is 0 Å². The van der Waals surface area contributed by atoms with Crippen molar-refractivity contribution in [3.05, 3.63) is 23.3 Å². The summed E-state index contributed by atoms with van der Waals surface area (Å²) in [4.78, 5) is 0. The normalized spacial score (nSPS) is 33.0. The van der Waals surface area contributed by atoms with Crippen LogP contribution in [0.4, 0.5) is 0 Å². The molecule has 0 aromatic carbocycles. The van der Waals surface area contributed by atoms with Crippen molar-refractivity contribution >= 4 is 11.6 Å². The minimum absolute atomic E-state index is 0. The number of hydrogen-bond acceptors (Lipinski definition) is 4. The van der Waals surface area contributed by atoms with Crippen LogP contribution in [0.3, 0.4) is 0 Å². The molecule has 0 unspecified atom stereocenters. The maximum Gasteiger partial charge on any atom is 0.105 e. The van der Waals surface area contributed by atoms with Crippen LogP contribution in [0.1, 0.15) is 51.9 Å². The number of unbranched alkanes of at least 4 members (excludes halogenated alkanes) is 6. The first-order chi connectivity index (χ1) is 11.1. The summed E-state index contributed by atoms with van der Waals surface area (Å²) in [6, 6.07) is 0. The summed E-state index contributed by atoms with van der Waals surface area (Å²) in [6.45, 7) is 2.45. The molecule has 5 atom stereocenters. The summed E-state index contributed by atoms with van der Waals surface area (Å²) in [5, 5.41) is 29.2. The van der Waals surface area contributed by atoms with Crippen LogP contribution in [0.2, 0.25) is 0 Å². The first-order valence-electron chi connectivity index (χ1n) is 8.77. The SMILES string of the molecule is CCCCCCCC/C=C/[C@H]1OCC2=C1[C@@H](O)[C@H](Cl)[C@@H](O)[C@@H]2O.O. The Kier molecular flexibility index (Phi) is 9.49. The standard InChI is InChI=1S/C18H29ClO4.H2O/c1-2-3-4-5-6-7-8-9-10-13-14-12(11-23-13)16(20)18(22)15(19)17(14)21;/h9-10,13,15-18,20-22H,2-8,11H2,1H3;1H2/b10-9+;/t13-,15+,16-,17-,18-;/m1./s1. The van der Waals surface area contributed by atoms with Crippen molar-refractivity contribution < 1.29 is 25.5 Å². The van der Waals surface area contributed by atoms with Crippen LogP contribution in [-0.2, 0) is 4.74 Å². The first kappa shape index (κ1) is 21.6. The second-order valence-corrected chi connectivity index (χ2v) is 7.03. The molecule has 0 aromatic rings. The van der Waals surface area contributed by atoms with Gasteiger partial charge in [0.15, 0.2) is 0 Å². The van der Waals surface area contributed by atoms with E-state index in [4.69, 9.17) is 16.3 Å². The predicted octanol–water partition coefficient (Wildman–Crippen LogP) is 1.87. The largest absolute Gasteiger partial charge is 0.412 e. The third-order valence-corrected chi connectivity index (χ3v) is 5.25. The Labute approximate surface area is 149 Å². The summed E-state index contributed by atoms with van der Waals surface area (Å²) in [5.41, 5.74) is 1.21. The van der Waals surface area contributed by atoms with Crippen molar-refractivity contribution in [3.63, 3.8) is 0 Å². The fraction of sp³-hybridized carbons (Fsp3) is 0.778. The van der Waals surface area contributed by atoms with Crippen LogP contribution in [-0.4, -0.2) is 57.2 Å². The summed E-state index contributed by atoms with van der Waals surface area (Å²) in [6.07, 6.45) is 9.04. The smallest absolute Gasteiger partial charge is 0.105 e. The topological polar surface area (TPSA) is 101 Å². The van der Waals surface area contributed by atoms with Crippen molar-refractivity contribution in [2.75, 3.05) is 6.61 Å². The number of aliphatic hydroxyl groups excluding tert-OH is 3. The highest BCUT2D eigenvalue weighted by Gasteiger charge is 2.46. The Bertz CT molecular complexity index is 437. The Morgan fingerprint density at radius 3 is 2.46 bits per heavy atom. The van der Waals surface area contributed by atoms with E-state index < -0.39 is 23.7 Å². The van der Waals surface area contributed by atoms with Crippen LogP contribution in [0.25, 0.3) is 0 Å². The molecule has 140 valence electrons. The second-order valence-electron chi connectivity index (χ2n) is 6.52. The Hall–Kier alpha value is -0.430. The molecule has 2 aliphatic rings. The molecule has 0 aromatic heterocycles. The van der Waals surface area contributed by atoms with E-state index in [2.05, 4.69) is 13.0 Å². The number of allylic oxidation sites excluding steroid dienone is 1. The molecule has 1 aliphatic heterocycles. The lowest BCUT2D eigenvalue weighted by atomic mass is 9.84. The number of halogens is 1. The van der Waals surface area contributed by atoms with Crippen LogP contribution >= 0.6 is 11.6 Å². The molecule has 1 aliphatic carbocycles. The van der Waals surface area contributed by atoms with E-state index in [1.165, 1.54) is 32.1 Å². The third-order valence-electron chi connectivity index (χ3n) is 4.76. The number of alkyl halides is 1. The zero-order valence-electron chi connectivity index (χ0n) is 14.3. The van der Waals surface area contributed by atoms with E-state index >= 15 is 0 Å². The van der Waals surface area contributed by atoms with Crippen molar-refractivity contribution in [1.29, 1.82) is 0 Å². The molecule has 0 saturated carbocycles. The molecular formula is C18H31ClO5. The van der Waals surface area contributed by atoms with Gasteiger partial charge >= 0.3 is 0 Å². The van der Waals surface area contributed by atoms with Crippen LogP contribution in [0.15, 0.2) is 23.3 Å². The van der Waals surface area contributed by atoms with E-state index in [0.29, 0.717) is 11.1 Å². The highest BCUT2D eigenvalue weighted by molar-refractivity contribution is 6.21. The van der Waals surface area contributed by atoms with Gasteiger partial charge in [-0.15, -0.1) is 11.6 Å². The van der Waals surface area contributed by atoms with Gasteiger partial charge in [-0.2, -0.15) is 0 Å². The van der Waals surface area contributed by atoms with Crippen molar-refractivity contribution in [3.8, 4) is 0 Å². The summed E-state index contributed by atoms with van der Waals surface area (Å²) in [7, 11) is 0. The van der Waals surface area contributed by atoms with E-state index in [0.717, 1.165) is 12.8 Å². The average molecular weight is 363 g/mol. The highest BCUT2D eigenvalue weighted by Crippen LogP contribution is 2.37. The van der Waals surface area contributed by atoms with Gasteiger partial charge in [0.25, 0.3) is 0 Å². The number of rotatable bonds is 8. The van der Waals surface area contributed by atoms with Gasteiger partial charge < -0.3 is 25.5 Å². The van der Waals surface area contributed by atoms with Gasteiger partial charge in [-0.25, -0.2) is 0 Å². The Morgan fingerprint density at radius 1 is 1.08 bits per heavy atom. The predicted molar refractivity (Wildman–Crippen MR) is 95.2 cm³/mol. The molecule has 0 bridgehead atoms. The molecule has 0 radical (unpaired) electrons. The van der Waals surface area contributed by atoms with Crippen LogP contribution < -0.4 is 0 Å². The highest BCUT2D eigenvalue weighted by atomic mass is 35.5. The Morgan fingerprint density at radius 2 is 1.75 bits per heavy atom. The molecule has 0 saturated heterocycles. The monoisotopic (exact) mass is 362 g/mol. The second kappa shape index (κ2) is 10.5. The first-order valence-corrected chi connectivity index (χ1v) is 9.21. The molecule has 0 amide bonds. The van der Waals surface area contributed by atoms with E-state index in [1.54, 1.807) is 0 Å². The average Bonchev–Trinajstić information content (AvgIpc) is 2.97. The molecule has 1 heterocycles. The van der Waals surface area contributed by atoms with E-state index in [9.17, 15) is 15.3 Å². The van der Waals surface area contributed by atoms with Gasteiger partial charge in [-0.05, 0) is 24.0 Å². The fourth-order valence-corrected chi connectivity index (χ4v) is 3.58. The van der Waals surface area contributed by atoms with Gasteiger partial charge in [0, 0.05) is 0 Å². The molecule has 6 heteroatoms. The van der Waals surface area contributed by atoms with Crippen LogP contribution in [0.5, 0.6) is 0 Å². The molecule has 0 spiro atoms. The van der Waals surface area contributed by atoms with E-state index in [1.807, 2.05) is 6.08 Å². The summed E-state index contributed by atoms with van der Waals surface area (Å²) < 4.78 is 5.65. The van der Waals surface area contributed by atoms with Gasteiger partial charge in [0.2, 0.25) is 0 Å². The van der Waals surface area contributed by atoms with Gasteiger partial charge in [-0.3, -0.25) is 0 Å². The van der Waals surface area contributed by atoms with Gasteiger partial charge in [-0.1, -0.05) is 51.2 Å². The van der Waals surface area contributed by atoms with Gasteiger partial charge in [0.05, 0.1) is 18.1 Å². The maximum atomic E-state index is 10.3. The zero-order valence-corrected chi connectivity index (χ0v) is 15.1. The molecule has 0 fully saturated rings. The number of aliphatic hydroxyl groups is 3. The lowest BCUT2D eigenvalue weighted by molar-refractivity contribution is 0.00335. The van der Waals surface area contributed by atoms with E-state index in [-0.39, 0.29) is 18.2 Å². The summed E-state index contributed by atoms with van der Waals surface area (Å²) in [5.74, 6) is 0. The van der Waals surface area contributed by atoms with Crippen molar-refractivity contribution in [1.82, 2.24) is 0 Å². The van der Waals surface area contributed by atoms with Crippen molar-refractivity contribution in [2.45, 2.75) is 81.7 Å². The zero-order chi connectivity index (χ0) is 16.8. The van der Waals surface area contributed by atoms with Gasteiger partial charge in [0.1, 0.15) is 18.3 Å². The minimum Gasteiger partial charge on any atom is -0.412 e. The summed E-state index contributed by atoms with van der Waals surface area (Å²) >= 11 is 6.01. The lowest BCUT2D eigenvalue weighted by Gasteiger charge is -2.33.